The van der Waals surface area contributed by atoms with Gasteiger partial charge in [-0.1, -0.05) is 6.92 Å². The van der Waals surface area contributed by atoms with Crippen molar-refractivity contribution < 1.29 is 34.7 Å². The second-order valence-electron chi connectivity index (χ2n) is 2.94. The number of aliphatic hydroxyl groups is 4. The van der Waals surface area contributed by atoms with Gasteiger partial charge in [-0.05, 0) is 6.42 Å². The van der Waals surface area contributed by atoms with Crippen molar-refractivity contribution in [2.24, 2.45) is 0 Å². The molecule has 0 aliphatic rings. The van der Waals surface area contributed by atoms with Gasteiger partial charge in [-0.2, -0.15) is 0 Å². The molecule has 0 heterocycles. The normalized spacial score (nSPS) is 13.9. The van der Waals surface area contributed by atoms with Crippen LogP contribution in [0.25, 0.3) is 0 Å². The van der Waals surface area contributed by atoms with E-state index in [-0.39, 0.29) is 6.61 Å². The maximum atomic E-state index is 11.0. The lowest BCUT2D eigenvalue weighted by atomic mass is 10.4. The fourth-order valence-corrected chi connectivity index (χ4v) is 0.647. The SMILES string of the molecule is CCCOC(=O)C(O)=C(O)OCC(O)CO. The number of rotatable bonds is 7. The fourth-order valence-electron chi connectivity index (χ4n) is 0.647. The third kappa shape index (κ3) is 5.42. The van der Waals surface area contributed by atoms with Gasteiger partial charge in [-0.3, -0.25) is 0 Å². The number of carbonyl (C=O) groups is 1. The Labute approximate surface area is 92.5 Å². The summed E-state index contributed by atoms with van der Waals surface area (Å²) in [6.45, 7) is 0.860. The van der Waals surface area contributed by atoms with Crippen LogP contribution in [0.2, 0.25) is 0 Å². The first-order valence-corrected chi connectivity index (χ1v) is 4.73. The van der Waals surface area contributed by atoms with Crippen molar-refractivity contribution in [1.29, 1.82) is 0 Å². The van der Waals surface area contributed by atoms with Crippen LogP contribution in [0.15, 0.2) is 11.7 Å². The van der Waals surface area contributed by atoms with Gasteiger partial charge in [0.25, 0.3) is 5.76 Å². The highest BCUT2D eigenvalue weighted by atomic mass is 16.6. The van der Waals surface area contributed by atoms with Crippen LogP contribution in [0, 0.1) is 0 Å². The van der Waals surface area contributed by atoms with Crippen molar-refractivity contribution in [2.45, 2.75) is 19.4 Å². The quantitative estimate of drug-likeness (QED) is 0.270. The first-order valence-electron chi connectivity index (χ1n) is 4.73. The van der Waals surface area contributed by atoms with E-state index in [9.17, 15) is 4.79 Å². The third-order valence-electron chi connectivity index (χ3n) is 1.46. The molecule has 0 aromatic carbocycles. The van der Waals surface area contributed by atoms with Crippen molar-refractivity contribution in [3.8, 4) is 0 Å². The minimum Gasteiger partial charge on any atom is -0.497 e. The molecule has 1 atom stereocenters. The molecule has 0 bridgehead atoms. The summed E-state index contributed by atoms with van der Waals surface area (Å²) in [6, 6.07) is 0. The lowest BCUT2D eigenvalue weighted by Crippen LogP contribution is -2.20. The van der Waals surface area contributed by atoms with Crippen molar-refractivity contribution in [3.05, 3.63) is 11.7 Å². The molecule has 0 aromatic rings. The molecule has 4 N–H and O–H groups in total. The van der Waals surface area contributed by atoms with Gasteiger partial charge < -0.3 is 29.9 Å². The van der Waals surface area contributed by atoms with E-state index in [1.54, 1.807) is 6.92 Å². The van der Waals surface area contributed by atoms with Gasteiger partial charge in [0, 0.05) is 0 Å². The van der Waals surface area contributed by atoms with E-state index in [0.29, 0.717) is 6.42 Å². The second-order valence-corrected chi connectivity index (χ2v) is 2.94. The van der Waals surface area contributed by atoms with Crippen LogP contribution in [0.1, 0.15) is 13.3 Å². The Morgan fingerprint density at radius 3 is 2.44 bits per heavy atom. The molecule has 0 aromatic heterocycles. The van der Waals surface area contributed by atoms with Crippen LogP contribution in [-0.2, 0) is 14.3 Å². The van der Waals surface area contributed by atoms with Crippen molar-refractivity contribution >= 4 is 5.97 Å². The zero-order chi connectivity index (χ0) is 12.6. The Bertz CT molecular complexity index is 248. The minimum atomic E-state index is -1.21. The van der Waals surface area contributed by atoms with E-state index in [0.717, 1.165) is 0 Å². The average Bonchev–Trinajstić information content (AvgIpc) is 2.31. The molecule has 7 heteroatoms. The number of hydrogen-bond donors (Lipinski definition) is 4. The fraction of sp³-hybridized carbons (Fsp3) is 0.667. The topological polar surface area (TPSA) is 116 Å². The minimum absolute atomic E-state index is 0.107. The summed E-state index contributed by atoms with van der Waals surface area (Å²) >= 11 is 0. The summed E-state index contributed by atoms with van der Waals surface area (Å²) in [4.78, 5) is 11.0. The number of esters is 1. The lowest BCUT2D eigenvalue weighted by molar-refractivity contribution is -0.143. The molecule has 0 radical (unpaired) electrons. The van der Waals surface area contributed by atoms with Gasteiger partial charge in [0.2, 0.25) is 0 Å². The molecule has 0 saturated carbocycles. The monoisotopic (exact) mass is 236 g/mol. The molecule has 0 spiro atoms. The Kier molecular flexibility index (Phi) is 7.06. The zero-order valence-corrected chi connectivity index (χ0v) is 8.92. The Morgan fingerprint density at radius 2 is 1.94 bits per heavy atom. The summed E-state index contributed by atoms with van der Waals surface area (Å²) in [6.07, 6.45) is -0.634. The van der Waals surface area contributed by atoms with Crippen LogP contribution in [0.5, 0.6) is 0 Å². The zero-order valence-electron chi connectivity index (χ0n) is 8.92. The maximum Gasteiger partial charge on any atom is 0.381 e. The van der Waals surface area contributed by atoms with E-state index in [1.807, 2.05) is 0 Å². The van der Waals surface area contributed by atoms with Crippen LogP contribution >= 0.6 is 0 Å². The summed E-state index contributed by atoms with van der Waals surface area (Å²) in [5.41, 5.74) is 0. The van der Waals surface area contributed by atoms with E-state index < -0.39 is 37.0 Å². The second kappa shape index (κ2) is 7.77. The van der Waals surface area contributed by atoms with Crippen LogP contribution in [0.4, 0.5) is 0 Å². The van der Waals surface area contributed by atoms with Gasteiger partial charge in [0.05, 0.1) is 13.2 Å². The predicted molar refractivity (Wildman–Crippen MR) is 52.6 cm³/mol. The molecule has 1 unspecified atom stereocenters. The van der Waals surface area contributed by atoms with E-state index in [2.05, 4.69) is 9.47 Å². The number of ether oxygens (including phenoxy) is 2. The van der Waals surface area contributed by atoms with Crippen molar-refractivity contribution in [2.75, 3.05) is 19.8 Å². The van der Waals surface area contributed by atoms with Gasteiger partial charge in [-0.15, -0.1) is 0 Å². The molecular formula is C9H16O7. The molecule has 0 rings (SSSR count). The lowest BCUT2D eigenvalue weighted by Gasteiger charge is -2.09. The summed E-state index contributed by atoms with van der Waals surface area (Å²) < 4.78 is 8.94. The molecule has 0 aliphatic carbocycles. The standard InChI is InChI=1S/C9H16O7/c1-2-3-15-8(13)7(12)9(14)16-5-6(11)4-10/h6,10-12,14H,2-5H2,1H3. The molecule has 0 amide bonds. The molecular weight excluding hydrogens is 220 g/mol. The number of hydrogen-bond acceptors (Lipinski definition) is 7. The van der Waals surface area contributed by atoms with Crippen molar-refractivity contribution in [3.63, 3.8) is 0 Å². The van der Waals surface area contributed by atoms with E-state index >= 15 is 0 Å². The van der Waals surface area contributed by atoms with Gasteiger partial charge in [0.1, 0.15) is 12.7 Å². The summed E-state index contributed by atoms with van der Waals surface area (Å²) in [7, 11) is 0. The van der Waals surface area contributed by atoms with E-state index in [1.165, 1.54) is 0 Å². The number of carbonyl (C=O) groups excluding carboxylic acids is 1. The molecule has 0 fully saturated rings. The third-order valence-corrected chi connectivity index (χ3v) is 1.46. The Morgan fingerprint density at radius 1 is 1.31 bits per heavy atom. The smallest absolute Gasteiger partial charge is 0.381 e. The molecule has 94 valence electrons. The van der Waals surface area contributed by atoms with Gasteiger partial charge in [0.15, 0.2) is 0 Å². The first-order chi connectivity index (χ1) is 7.52. The Hall–Kier alpha value is -1.47. The molecule has 16 heavy (non-hydrogen) atoms. The van der Waals surface area contributed by atoms with Gasteiger partial charge in [-0.25, -0.2) is 4.79 Å². The van der Waals surface area contributed by atoms with E-state index in [4.69, 9.17) is 20.4 Å². The molecule has 7 nitrogen and oxygen atoms in total. The molecule has 0 aliphatic heterocycles. The highest BCUT2D eigenvalue weighted by Crippen LogP contribution is 2.03. The highest BCUT2D eigenvalue weighted by Gasteiger charge is 2.17. The maximum absolute atomic E-state index is 11.0. The Balaban J connectivity index is 4.17. The van der Waals surface area contributed by atoms with Crippen LogP contribution < -0.4 is 0 Å². The summed E-state index contributed by atoms with van der Waals surface area (Å²) in [5, 5.41) is 35.4. The average molecular weight is 236 g/mol. The van der Waals surface area contributed by atoms with Crippen molar-refractivity contribution in [1.82, 2.24) is 0 Å². The van der Waals surface area contributed by atoms with Gasteiger partial charge >= 0.3 is 11.9 Å². The highest BCUT2D eigenvalue weighted by molar-refractivity contribution is 5.85. The molecule has 0 saturated heterocycles. The van der Waals surface area contributed by atoms with Crippen LogP contribution in [0.3, 0.4) is 0 Å². The first kappa shape index (κ1) is 14.5. The van der Waals surface area contributed by atoms with Crippen LogP contribution in [-0.4, -0.2) is 52.3 Å². The predicted octanol–water partition coefficient (Wildman–Crippen LogP) is -0.405. The number of aliphatic hydroxyl groups excluding tert-OH is 4. The largest absolute Gasteiger partial charge is 0.497 e. The summed E-state index contributed by atoms with van der Waals surface area (Å²) in [5.74, 6) is -3.23.